The van der Waals surface area contributed by atoms with Crippen molar-refractivity contribution < 1.29 is 4.42 Å². The number of hydrogen-bond donors (Lipinski definition) is 2. The van der Waals surface area contributed by atoms with Crippen molar-refractivity contribution >= 4 is 17.2 Å². The largest absolute Gasteiger partial charge is 0.465 e. The molecule has 0 fully saturated rings. The third kappa shape index (κ3) is 1.75. The molecule has 1 aromatic heterocycles. The van der Waals surface area contributed by atoms with Gasteiger partial charge in [-0.3, -0.25) is 0 Å². The molecule has 1 aromatic rings. The van der Waals surface area contributed by atoms with E-state index in [1.54, 1.807) is 30.6 Å². The van der Waals surface area contributed by atoms with Gasteiger partial charge in [-0.2, -0.15) is 0 Å². The molecule has 14 heavy (non-hydrogen) atoms. The molecule has 0 radical (unpaired) electrons. The molecule has 2 rings (SSSR count). The highest BCUT2D eigenvalue weighted by Gasteiger charge is 2.24. The third-order valence-corrected chi connectivity index (χ3v) is 2.34. The van der Waals surface area contributed by atoms with Gasteiger partial charge in [0.15, 0.2) is 0 Å². The van der Waals surface area contributed by atoms with Gasteiger partial charge in [-0.05, 0) is 24.3 Å². The summed E-state index contributed by atoms with van der Waals surface area (Å²) in [7, 11) is 0. The zero-order valence-corrected chi connectivity index (χ0v) is 8.24. The summed E-state index contributed by atoms with van der Waals surface area (Å²) >= 11 is 5.97. The minimum absolute atomic E-state index is 0.212. The van der Waals surface area contributed by atoms with Gasteiger partial charge in [0.25, 0.3) is 0 Å². The van der Waals surface area contributed by atoms with Crippen LogP contribution in [0, 0.1) is 0 Å². The van der Waals surface area contributed by atoms with E-state index in [0.717, 1.165) is 5.57 Å². The molecule has 0 aromatic carbocycles. The molecule has 0 bridgehead atoms. The first-order valence-electron chi connectivity index (χ1n) is 4.28. The van der Waals surface area contributed by atoms with Crippen molar-refractivity contribution in [3.05, 3.63) is 42.4 Å². The standard InChI is InChI=1S/C10H11ClN2O/c11-10(13)4-3-8(12)7(6-10)9-2-1-5-14-9/h1-6,8H,12-13H2. The molecular formula is C10H11ClN2O. The van der Waals surface area contributed by atoms with Gasteiger partial charge >= 0.3 is 0 Å². The predicted octanol–water partition coefficient (Wildman–Crippen LogP) is 1.45. The van der Waals surface area contributed by atoms with Crippen LogP contribution in [-0.2, 0) is 0 Å². The van der Waals surface area contributed by atoms with E-state index in [4.69, 9.17) is 27.5 Å². The van der Waals surface area contributed by atoms with Crippen LogP contribution < -0.4 is 11.5 Å². The lowest BCUT2D eigenvalue weighted by Crippen LogP contribution is -2.34. The van der Waals surface area contributed by atoms with Crippen molar-refractivity contribution in [2.24, 2.45) is 11.5 Å². The van der Waals surface area contributed by atoms with Gasteiger partial charge in [-0.25, -0.2) is 0 Å². The predicted molar refractivity (Wildman–Crippen MR) is 56.6 cm³/mol. The van der Waals surface area contributed by atoms with Crippen molar-refractivity contribution in [3.63, 3.8) is 0 Å². The van der Waals surface area contributed by atoms with Crippen LogP contribution in [0.25, 0.3) is 5.57 Å². The molecule has 4 N–H and O–H groups in total. The first kappa shape index (κ1) is 9.52. The van der Waals surface area contributed by atoms with Gasteiger partial charge in [0.05, 0.1) is 12.3 Å². The van der Waals surface area contributed by atoms with Crippen LogP contribution in [0.3, 0.4) is 0 Å². The van der Waals surface area contributed by atoms with E-state index in [0.29, 0.717) is 5.76 Å². The molecule has 1 heterocycles. The number of hydrogen-bond acceptors (Lipinski definition) is 3. The first-order valence-corrected chi connectivity index (χ1v) is 4.66. The Labute approximate surface area is 87.0 Å². The smallest absolute Gasteiger partial charge is 0.131 e. The average Bonchev–Trinajstić information content (AvgIpc) is 2.62. The SMILES string of the molecule is NC1C=CC(N)(Cl)C=C1c1ccco1. The summed E-state index contributed by atoms with van der Waals surface area (Å²) in [6.07, 6.45) is 6.74. The molecule has 0 aliphatic heterocycles. The lowest BCUT2D eigenvalue weighted by molar-refractivity contribution is 0.548. The maximum absolute atomic E-state index is 5.97. The first-order chi connectivity index (χ1) is 6.58. The topological polar surface area (TPSA) is 65.2 Å². The van der Waals surface area contributed by atoms with E-state index in [2.05, 4.69) is 0 Å². The molecule has 74 valence electrons. The van der Waals surface area contributed by atoms with Gasteiger partial charge in [0.2, 0.25) is 0 Å². The summed E-state index contributed by atoms with van der Waals surface area (Å²) in [5.41, 5.74) is 12.4. The molecule has 0 amide bonds. The Bertz CT molecular complexity index is 379. The van der Waals surface area contributed by atoms with Crippen LogP contribution in [0.15, 0.2) is 41.0 Å². The third-order valence-electron chi connectivity index (χ3n) is 2.10. The van der Waals surface area contributed by atoms with Gasteiger partial charge in [-0.15, -0.1) is 0 Å². The summed E-state index contributed by atoms with van der Waals surface area (Å²) in [6, 6.07) is 3.42. The van der Waals surface area contributed by atoms with Crippen LogP contribution in [-0.4, -0.2) is 11.0 Å². The van der Waals surface area contributed by atoms with Gasteiger partial charge in [0.1, 0.15) is 10.8 Å². The normalized spacial score (nSPS) is 31.6. The Hall–Kier alpha value is -1.03. The highest BCUT2D eigenvalue weighted by molar-refractivity contribution is 6.26. The zero-order chi connectivity index (χ0) is 10.2. The van der Waals surface area contributed by atoms with E-state index in [1.165, 1.54) is 0 Å². The molecule has 2 atom stereocenters. The molecule has 1 aliphatic rings. The Balaban J connectivity index is 2.39. The van der Waals surface area contributed by atoms with Crippen LogP contribution in [0.5, 0.6) is 0 Å². The second-order valence-corrected chi connectivity index (χ2v) is 3.94. The average molecular weight is 211 g/mol. The van der Waals surface area contributed by atoms with Gasteiger partial charge < -0.3 is 15.9 Å². The minimum Gasteiger partial charge on any atom is -0.465 e. The molecule has 2 unspecified atom stereocenters. The summed E-state index contributed by atoms with van der Waals surface area (Å²) in [4.78, 5) is -0.960. The molecule has 0 spiro atoms. The second kappa shape index (κ2) is 3.28. The Morgan fingerprint density at radius 2 is 2.29 bits per heavy atom. The Morgan fingerprint density at radius 1 is 1.50 bits per heavy atom. The number of alkyl halides is 1. The monoisotopic (exact) mass is 210 g/mol. The lowest BCUT2D eigenvalue weighted by atomic mass is 9.96. The number of rotatable bonds is 1. The number of nitrogens with two attached hydrogens (primary N) is 2. The number of halogens is 1. The van der Waals surface area contributed by atoms with Crippen molar-refractivity contribution in [1.82, 2.24) is 0 Å². The van der Waals surface area contributed by atoms with Crippen molar-refractivity contribution in [2.75, 3.05) is 0 Å². The highest BCUT2D eigenvalue weighted by Crippen LogP contribution is 2.28. The molecular weight excluding hydrogens is 200 g/mol. The molecule has 3 nitrogen and oxygen atoms in total. The molecule has 1 aliphatic carbocycles. The highest BCUT2D eigenvalue weighted by atomic mass is 35.5. The molecule has 0 saturated heterocycles. The zero-order valence-electron chi connectivity index (χ0n) is 7.48. The summed E-state index contributed by atoms with van der Waals surface area (Å²) in [6.45, 7) is 0. The van der Waals surface area contributed by atoms with Crippen LogP contribution in [0.1, 0.15) is 5.76 Å². The van der Waals surface area contributed by atoms with E-state index in [-0.39, 0.29) is 6.04 Å². The van der Waals surface area contributed by atoms with Crippen molar-refractivity contribution in [2.45, 2.75) is 11.0 Å². The van der Waals surface area contributed by atoms with Crippen LogP contribution in [0.2, 0.25) is 0 Å². The lowest BCUT2D eigenvalue weighted by Gasteiger charge is -2.22. The Kier molecular flexibility index (Phi) is 2.23. The van der Waals surface area contributed by atoms with Crippen LogP contribution >= 0.6 is 11.6 Å². The molecule has 4 heteroatoms. The number of furan rings is 1. The van der Waals surface area contributed by atoms with E-state index in [1.807, 2.05) is 6.07 Å². The Morgan fingerprint density at radius 3 is 2.93 bits per heavy atom. The fourth-order valence-corrected chi connectivity index (χ4v) is 1.61. The summed E-state index contributed by atoms with van der Waals surface area (Å²) in [5.74, 6) is 0.706. The summed E-state index contributed by atoms with van der Waals surface area (Å²) in [5, 5.41) is 0. The van der Waals surface area contributed by atoms with Crippen molar-refractivity contribution in [3.8, 4) is 0 Å². The van der Waals surface area contributed by atoms with E-state index >= 15 is 0 Å². The van der Waals surface area contributed by atoms with Gasteiger partial charge in [0, 0.05) is 5.57 Å². The van der Waals surface area contributed by atoms with Crippen molar-refractivity contribution in [1.29, 1.82) is 0 Å². The molecule has 0 saturated carbocycles. The van der Waals surface area contributed by atoms with E-state index in [9.17, 15) is 0 Å². The summed E-state index contributed by atoms with van der Waals surface area (Å²) < 4.78 is 5.24. The minimum atomic E-state index is -0.960. The van der Waals surface area contributed by atoms with Gasteiger partial charge in [-0.1, -0.05) is 17.7 Å². The maximum Gasteiger partial charge on any atom is 0.131 e. The van der Waals surface area contributed by atoms with E-state index < -0.39 is 5.00 Å². The quantitative estimate of drug-likeness (QED) is 0.419. The second-order valence-electron chi connectivity index (χ2n) is 3.29. The van der Waals surface area contributed by atoms with Crippen LogP contribution in [0.4, 0.5) is 0 Å². The fraction of sp³-hybridized carbons (Fsp3) is 0.200. The fourth-order valence-electron chi connectivity index (χ4n) is 1.42. The maximum atomic E-state index is 5.97.